The third kappa shape index (κ3) is 45.6. The van der Waals surface area contributed by atoms with Gasteiger partial charge in [0.15, 0.2) is 6.10 Å². The average molecular weight is 793 g/mol. The number of hydrogen-bond donors (Lipinski definition) is 0. The highest BCUT2D eigenvalue weighted by molar-refractivity contribution is 5.70. The van der Waals surface area contributed by atoms with E-state index in [1.165, 1.54) is 218 Å². The molecular formula is C51H100O5. The second-order valence-electron chi connectivity index (χ2n) is 17.5. The van der Waals surface area contributed by atoms with Crippen LogP contribution in [0.4, 0.5) is 0 Å². The van der Waals surface area contributed by atoms with Crippen LogP contribution in [-0.4, -0.2) is 37.9 Å². The molecule has 0 saturated carbocycles. The Kier molecular flexibility index (Phi) is 47.3. The second kappa shape index (κ2) is 48.3. The van der Waals surface area contributed by atoms with Crippen molar-refractivity contribution in [3.63, 3.8) is 0 Å². The molecule has 0 spiro atoms. The fraction of sp³-hybridized carbons (Fsp3) is 0.961. The lowest BCUT2D eigenvalue weighted by molar-refractivity contribution is -0.163. The number of carbonyl (C=O) groups excluding carboxylic acids is 2. The predicted octanol–water partition coefficient (Wildman–Crippen LogP) is 16.9. The summed E-state index contributed by atoms with van der Waals surface area (Å²) in [6.07, 6.45) is 52.9. The molecule has 1 atom stereocenters. The fourth-order valence-electron chi connectivity index (χ4n) is 7.81. The van der Waals surface area contributed by atoms with Gasteiger partial charge in [-0.15, -0.1) is 0 Å². The molecule has 0 aliphatic carbocycles. The normalized spacial score (nSPS) is 12.0. The lowest BCUT2D eigenvalue weighted by Gasteiger charge is -2.18. The Hall–Kier alpha value is -1.10. The van der Waals surface area contributed by atoms with Gasteiger partial charge in [-0.05, 0) is 19.3 Å². The maximum absolute atomic E-state index is 12.6. The highest BCUT2D eigenvalue weighted by Crippen LogP contribution is 2.17. The molecule has 0 aliphatic heterocycles. The van der Waals surface area contributed by atoms with Crippen molar-refractivity contribution >= 4 is 11.9 Å². The van der Waals surface area contributed by atoms with E-state index in [2.05, 4.69) is 20.8 Å². The van der Waals surface area contributed by atoms with E-state index in [1.54, 1.807) is 0 Å². The molecule has 334 valence electrons. The Balaban J connectivity index is 3.93. The maximum Gasteiger partial charge on any atom is 0.306 e. The summed E-state index contributed by atoms with van der Waals surface area (Å²) in [6.45, 7) is 7.83. The zero-order chi connectivity index (χ0) is 40.7. The molecule has 0 radical (unpaired) electrons. The van der Waals surface area contributed by atoms with E-state index in [0.717, 1.165) is 38.5 Å². The molecule has 56 heavy (non-hydrogen) atoms. The van der Waals surface area contributed by atoms with Crippen LogP contribution in [0.15, 0.2) is 0 Å². The number of ether oxygens (including phenoxy) is 3. The molecule has 0 rings (SSSR count). The topological polar surface area (TPSA) is 61.8 Å². The summed E-state index contributed by atoms with van der Waals surface area (Å²) in [5.41, 5.74) is 0. The van der Waals surface area contributed by atoms with Crippen molar-refractivity contribution in [2.75, 3.05) is 19.8 Å². The zero-order valence-electron chi connectivity index (χ0n) is 38.4. The van der Waals surface area contributed by atoms with Gasteiger partial charge < -0.3 is 14.2 Å². The molecule has 0 heterocycles. The average Bonchev–Trinajstić information content (AvgIpc) is 3.20. The van der Waals surface area contributed by atoms with Crippen LogP contribution >= 0.6 is 0 Å². The summed E-state index contributed by atoms with van der Waals surface area (Å²) in [5, 5.41) is 0. The van der Waals surface area contributed by atoms with Crippen molar-refractivity contribution in [3.8, 4) is 0 Å². The van der Waals surface area contributed by atoms with E-state index in [-0.39, 0.29) is 18.5 Å². The predicted molar refractivity (Wildman–Crippen MR) is 243 cm³/mol. The number of esters is 2. The Morgan fingerprint density at radius 1 is 0.321 bits per heavy atom. The van der Waals surface area contributed by atoms with Gasteiger partial charge in [0.05, 0.1) is 6.61 Å². The van der Waals surface area contributed by atoms with Crippen LogP contribution in [0, 0.1) is 0 Å². The molecular weight excluding hydrogens is 693 g/mol. The van der Waals surface area contributed by atoms with Gasteiger partial charge in [0.1, 0.15) is 6.61 Å². The maximum atomic E-state index is 12.6. The van der Waals surface area contributed by atoms with E-state index in [4.69, 9.17) is 14.2 Å². The van der Waals surface area contributed by atoms with Gasteiger partial charge in [0.2, 0.25) is 0 Å². The van der Waals surface area contributed by atoms with Crippen molar-refractivity contribution in [3.05, 3.63) is 0 Å². The smallest absolute Gasteiger partial charge is 0.306 e. The lowest BCUT2D eigenvalue weighted by atomic mass is 10.0. The van der Waals surface area contributed by atoms with Gasteiger partial charge in [-0.3, -0.25) is 9.59 Å². The minimum absolute atomic E-state index is 0.0957. The summed E-state index contributed by atoms with van der Waals surface area (Å²) in [5.74, 6) is -0.386. The molecule has 5 nitrogen and oxygen atoms in total. The van der Waals surface area contributed by atoms with Gasteiger partial charge in [0.25, 0.3) is 0 Å². The van der Waals surface area contributed by atoms with E-state index < -0.39 is 6.10 Å². The highest BCUT2D eigenvalue weighted by atomic mass is 16.6. The van der Waals surface area contributed by atoms with E-state index in [0.29, 0.717) is 26.1 Å². The summed E-state index contributed by atoms with van der Waals surface area (Å²) in [6, 6.07) is 0. The first-order valence-corrected chi connectivity index (χ1v) is 25.6. The second-order valence-corrected chi connectivity index (χ2v) is 17.5. The Morgan fingerprint density at radius 3 is 0.911 bits per heavy atom. The summed E-state index contributed by atoms with van der Waals surface area (Å²) in [7, 11) is 0. The Labute approximate surface area is 351 Å². The lowest BCUT2D eigenvalue weighted by Crippen LogP contribution is -2.30. The number of hydrogen-bond acceptors (Lipinski definition) is 5. The SMILES string of the molecule is CCCCCCCCCCCCCCCCCCCCCC(=O)OCC(COCCCCCCCCCCCCCCCCCC)OC(=O)CCCCCCC. The van der Waals surface area contributed by atoms with Gasteiger partial charge in [0, 0.05) is 19.4 Å². The quantitative estimate of drug-likeness (QED) is 0.0454. The first-order chi connectivity index (χ1) is 27.6. The van der Waals surface area contributed by atoms with Crippen LogP contribution in [0.5, 0.6) is 0 Å². The fourth-order valence-corrected chi connectivity index (χ4v) is 7.81. The molecule has 0 aromatic rings. The molecule has 0 aliphatic rings. The first kappa shape index (κ1) is 54.9. The summed E-state index contributed by atoms with van der Waals surface area (Å²) >= 11 is 0. The molecule has 0 saturated heterocycles. The van der Waals surface area contributed by atoms with Crippen molar-refractivity contribution in [1.82, 2.24) is 0 Å². The molecule has 0 aromatic heterocycles. The van der Waals surface area contributed by atoms with E-state index in [1.807, 2.05) is 0 Å². The van der Waals surface area contributed by atoms with Gasteiger partial charge in [-0.2, -0.15) is 0 Å². The van der Waals surface area contributed by atoms with Gasteiger partial charge >= 0.3 is 11.9 Å². The van der Waals surface area contributed by atoms with E-state index >= 15 is 0 Å². The third-order valence-electron chi connectivity index (χ3n) is 11.6. The van der Waals surface area contributed by atoms with Crippen LogP contribution in [0.2, 0.25) is 0 Å². The van der Waals surface area contributed by atoms with Gasteiger partial charge in [-0.25, -0.2) is 0 Å². The van der Waals surface area contributed by atoms with Crippen LogP contribution in [0.1, 0.15) is 290 Å². The molecule has 0 aromatic carbocycles. The van der Waals surface area contributed by atoms with Crippen LogP contribution < -0.4 is 0 Å². The summed E-state index contributed by atoms with van der Waals surface area (Å²) in [4.78, 5) is 25.1. The van der Waals surface area contributed by atoms with Crippen LogP contribution in [-0.2, 0) is 23.8 Å². The van der Waals surface area contributed by atoms with Crippen molar-refractivity contribution < 1.29 is 23.8 Å². The largest absolute Gasteiger partial charge is 0.462 e. The van der Waals surface area contributed by atoms with E-state index in [9.17, 15) is 9.59 Å². The highest BCUT2D eigenvalue weighted by Gasteiger charge is 2.17. The molecule has 5 heteroatoms. The molecule has 0 amide bonds. The van der Waals surface area contributed by atoms with Crippen molar-refractivity contribution in [2.24, 2.45) is 0 Å². The monoisotopic (exact) mass is 793 g/mol. The summed E-state index contributed by atoms with van der Waals surface area (Å²) < 4.78 is 17.3. The molecule has 0 N–H and O–H groups in total. The Morgan fingerprint density at radius 2 is 0.589 bits per heavy atom. The minimum Gasteiger partial charge on any atom is -0.462 e. The number of unbranched alkanes of at least 4 members (excludes halogenated alkanes) is 37. The molecule has 1 unspecified atom stereocenters. The number of rotatable bonds is 48. The van der Waals surface area contributed by atoms with Crippen molar-refractivity contribution in [2.45, 2.75) is 297 Å². The minimum atomic E-state index is -0.520. The third-order valence-corrected chi connectivity index (χ3v) is 11.6. The number of carbonyl (C=O) groups is 2. The van der Waals surface area contributed by atoms with Crippen LogP contribution in [0.25, 0.3) is 0 Å². The Bertz CT molecular complexity index is 769. The standard InChI is InChI=1S/C51H100O5/c1-4-7-10-13-15-17-19-21-23-25-26-27-28-30-32-34-36-39-41-44-50(52)55-48-49(56-51(53)45-42-38-12-9-6-3)47-54-46-43-40-37-35-33-31-29-24-22-20-18-16-14-11-8-5-2/h49H,4-48H2,1-3H3. The van der Waals surface area contributed by atoms with Crippen LogP contribution in [0.3, 0.4) is 0 Å². The molecule has 0 bridgehead atoms. The first-order valence-electron chi connectivity index (χ1n) is 25.6. The molecule has 0 fully saturated rings. The van der Waals surface area contributed by atoms with Gasteiger partial charge in [-0.1, -0.05) is 258 Å². The zero-order valence-corrected chi connectivity index (χ0v) is 38.4. The van der Waals surface area contributed by atoms with Crippen molar-refractivity contribution in [1.29, 1.82) is 0 Å².